The predicted octanol–water partition coefficient (Wildman–Crippen LogP) is 2.64. The van der Waals surface area contributed by atoms with Crippen molar-refractivity contribution in [2.75, 3.05) is 13.1 Å². The van der Waals surface area contributed by atoms with Crippen LogP contribution in [-0.2, 0) is 9.59 Å². The van der Waals surface area contributed by atoms with E-state index < -0.39 is 0 Å². The Labute approximate surface area is 138 Å². The van der Waals surface area contributed by atoms with Crippen molar-refractivity contribution in [1.29, 1.82) is 0 Å². The van der Waals surface area contributed by atoms with E-state index >= 15 is 0 Å². The number of allylic oxidation sites excluding steroid dienone is 2. The summed E-state index contributed by atoms with van der Waals surface area (Å²) in [7, 11) is 0. The van der Waals surface area contributed by atoms with Gasteiger partial charge in [0.2, 0.25) is 11.8 Å². The summed E-state index contributed by atoms with van der Waals surface area (Å²) in [6, 6.07) is 0.423. The van der Waals surface area contributed by atoms with Crippen LogP contribution in [0, 0.1) is 16.7 Å². The standard InChI is InChI=1S/C19H28N2O2/c1-18(8-3-2-4-9-18)17(23)21-11-10-19(13-21)12-15(19)16(22)20-14-6-5-7-14/h2-3,14-15H,4-13H2,1H3,(H,20,22). The van der Waals surface area contributed by atoms with Gasteiger partial charge in [0.15, 0.2) is 0 Å². The number of hydrogen-bond acceptors (Lipinski definition) is 2. The van der Waals surface area contributed by atoms with Crippen LogP contribution in [0.3, 0.4) is 0 Å². The first-order valence-electron chi connectivity index (χ1n) is 9.27. The Morgan fingerprint density at radius 2 is 2.04 bits per heavy atom. The minimum absolute atomic E-state index is 0.102. The van der Waals surface area contributed by atoms with Crippen molar-refractivity contribution in [2.45, 2.75) is 64.3 Å². The number of rotatable bonds is 3. The molecular weight excluding hydrogens is 288 g/mol. The molecular formula is C19H28N2O2. The molecule has 0 radical (unpaired) electrons. The molecule has 4 nitrogen and oxygen atoms in total. The maximum atomic E-state index is 12.9. The molecule has 4 rings (SSSR count). The van der Waals surface area contributed by atoms with Gasteiger partial charge >= 0.3 is 0 Å². The van der Waals surface area contributed by atoms with Gasteiger partial charge in [-0.1, -0.05) is 19.1 Å². The summed E-state index contributed by atoms with van der Waals surface area (Å²) in [6.45, 7) is 3.75. The molecule has 3 aliphatic carbocycles. The third-order valence-electron chi connectivity index (χ3n) is 6.74. The lowest BCUT2D eigenvalue weighted by Gasteiger charge is -2.33. The highest BCUT2D eigenvalue weighted by molar-refractivity contribution is 5.85. The maximum Gasteiger partial charge on any atom is 0.228 e. The average molecular weight is 316 g/mol. The van der Waals surface area contributed by atoms with Crippen molar-refractivity contribution in [2.24, 2.45) is 16.7 Å². The van der Waals surface area contributed by atoms with Gasteiger partial charge in [-0.15, -0.1) is 0 Å². The second-order valence-corrected chi connectivity index (χ2v) is 8.51. The fraction of sp³-hybridized carbons (Fsp3) is 0.789. The maximum absolute atomic E-state index is 12.9. The first kappa shape index (κ1) is 15.2. The molecule has 4 aliphatic rings. The summed E-state index contributed by atoms with van der Waals surface area (Å²) in [5.74, 6) is 0.708. The van der Waals surface area contributed by atoms with Gasteiger partial charge in [-0.25, -0.2) is 0 Å². The first-order valence-corrected chi connectivity index (χ1v) is 9.27. The zero-order chi connectivity index (χ0) is 16.1. The van der Waals surface area contributed by atoms with Gasteiger partial charge in [0.05, 0.1) is 5.41 Å². The monoisotopic (exact) mass is 316 g/mol. The molecule has 1 aliphatic heterocycles. The lowest BCUT2D eigenvalue weighted by molar-refractivity contribution is -0.141. The van der Waals surface area contributed by atoms with E-state index in [2.05, 4.69) is 29.3 Å². The van der Waals surface area contributed by atoms with Crippen LogP contribution in [0.5, 0.6) is 0 Å². The quantitative estimate of drug-likeness (QED) is 0.814. The van der Waals surface area contributed by atoms with Gasteiger partial charge in [-0.2, -0.15) is 0 Å². The van der Waals surface area contributed by atoms with Gasteiger partial charge in [-0.3, -0.25) is 9.59 Å². The van der Waals surface area contributed by atoms with E-state index in [0.717, 1.165) is 58.0 Å². The highest BCUT2D eigenvalue weighted by Gasteiger charge is 2.62. The normalized spacial score (nSPS) is 39.3. The van der Waals surface area contributed by atoms with Gasteiger partial charge in [-0.05, 0) is 51.4 Å². The van der Waals surface area contributed by atoms with Crippen LogP contribution >= 0.6 is 0 Å². The molecule has 3 fully saturated rings. The molecule has 126 valence electrons. The molecule has 3 atom stereocenters. The minimum atomic E-state index is -0.223. The molecule has 0 aromatic heterocycles. The van der Waals surface area contributed by atoms with Gasteiger partial charge in [0.25, 0.3) is 0 Å². The number of hydrogen-bond donors (Lipinski definition) is 1. The zero-order valence-corrected chi connectivity index (χ0v) is 14.1. The van der Waals surface area contributed by atoms with Crippen molar-refractivity contribution in [3.8, 4) is 0 Å². The number of nitrogens with zero attached hydrogens (tertiary/aromatic N) is 1. The Balaban J connectivity index is 1.35. The molecule has 1 saturated heterocycles. The van der Waals surface area contributed by atoms with Crippen LogP contribution in [-0.4, -0.2) is 35.8 Å². The summed E-state index contributed by atoms with van der Waals surface area (Å²) in [5, 5.41) is 3.19. The second kappa shape index (κ2) is 5.35. The molecule has 4 heteroatoms. The number of carbonyl (C=O) groups is 2. The topological polar surface area (TPSA) is 49.4 Å². The number of likely N-dealkylation sites (tertiary alicyclic amines) is 1. The minimum Gasteiger partial charge on any atom is -0.353 e. The number of amides is 2. The zero-order valence-electron chi connectivity index (χ0n) is 14.1. The Bertz CT molecular complexity index is 554. The molecule has 1 heterocycles. The summed E-state index contributed by atoms with van der Waals surface area (Å²) in [6.07, 6.45) is 12.7. The van der Waals surface area contributed by atoms with Crippen LogP contribution in [0.2, 0.25) is 0 Å². The van der Waals surface area contributed by atoms with Crippen molar-refractivity contribution >= 4 is 11.8 Å². The van der Waals surface area contributed by atoms with E-state index in [1.165, 1.54) is 6.42 Å². The fourth-order valence-electron chi connectivity index (χ4n) is 4.63. The van der Waals surface area contributed by atoms with Crippen molar-refractivity contribution in [3.63, 3.8) is 0 Å². The van der Waals surface area contributed by atoms with E-state index in [1.54, 1.807) is 0 Å². The van der Waals surface area contributed by atoms with Gasteiger partial charge in [0.1, 0.15) is 0 Å². The van der Waals surface area contributed by atoms with Crippen LogP contribution in [0.25, 0.3) is 0 Å². The molecule has 3 unspecified atom stereocenters. The van der Waals surface area contributed by atoms with Crippen molar-refractivity contribution in [1.82, 2.24) is 10.2 Å². The van der Waals surface area contributed by atoms with E-state index in [4.69, 9.17) is 0 Å². The molecule has 0 bridgehead atoms. The predicted molar refractivity (Wildman–Crippen MR) is 88.6 cm³/mol. The molecule has 2 amide bonds. The second-order valence-electron chi connectivity index (χ2n) is 8.51. The highest BCUT2D eigenvalue weighted by Crippen LogP contribution is 2.59. The molecule has 23 heavy (non-hydrogen) atoms. The van der Waals surface area contributed by atoms with E-state index in [-0.39, 0.29) is 22.7 Å². The number of carbonyl (C=O) groups excluding carboxylic acids is 2. The van der Waals surface area contributed by atoms with E-state index in [0.29, 0.717) is 11.9 Å². The molecule has 0 aromatic carbocycles. The third-order valence-corrected chi connectivity index (χ3v) is 6.74. The lowest BCUT2D eigenvalue weighted by Crippen LogP contribution is -2.43. The number of nitrogens with one attached hydrogen (secondary N) is 1. The first-order chi connectivity index (χ1) is 11.0. The van der Waals surface area contributed by atoms with Gasteiger partial charge in [0, 0.05) is 30.5 Å². The molecule has 0 aromatic rings. The largest absolute Gasteiger partial charge is 0.353 e. The Morgan fingerprint density at radius 1 is 1.22 bits per heavy atom. The molecule has 2 saturated carbocycles. The Kier molecular flexibility index (Phi) is 3.54. The van der Waals surface area contributed by atoms with Crippen molar-refractivity contribution < 1.29 is 9.59 Å². The summed E-state index contributed by atoms with van der Waals surface area (Å²) in [4.78, 5) is 27.4. The van der Waals surface area contributed by atoms with Gasteiger partial charge < -0.3 is 10.2 Å². The highest BCUT2D eigenvalue weighted by atomic mass is 16.2. The van der Waals surface area contributed by atoms with Crippen LogP contribution in [0.1, 0.15) is 58.3 Å². The Morgan fingerprint density at radius 3 is 2.70 bits per heavy atom. The Hall–Kier alpha value is -1.32. The molecule has 1 spiro atoms. The van der Waals surface area contributed by atoms with E-state index in [1.807, 2.05) is 0 Å². The smallest absolute Gasteiger partial charge is 0.228 e. The summed E-state index contributed by atoms with van der Waals surface area (Å²) >= 11 is 0. The lowest BCUT2D eigenvalue weighted by atomic mass is 9.78. The van der Waals surface area contributed by atoms with Crippen molar-refractivity contribution in [3.05, 3.63) is 12.2 Å². The third kappa shape index (κ3) is 2.60. The van der Waals surface area contributed by atoms with Crippen LogP contribution in [0.15, 0.2) is 12.2 Å². The van der Waals surface area contributed by atoms with E-state index in [9.17, 15) is 9.59 Å². The summed E-state index contributed by atoms with van der Waals surface area (Å²) in [5.41, 5.74) is -0.122. The van der Waals surface area contributed by atoms with Crippen LogP contribution < -0.4 is 5.32 Å². The average Bonchev–Trinajstić information content (AvgIpc) is 3.04. The SMILES string of the molecule is CC1(C(=O)N2CCC3(CC3C(=O)NC3CCC3)C2)CC=CCC1. The summed E-state index contributed by atoms with van der Waals surface area (Å²) < 4.78 is 0. The molecule has 1 N–H and O–H groups in total. The fourth-order valence-corrected chi connectivity index (χ4v) is 4.63. The van der Waals surface area contributed by atoms with Crippen LogP contribution in [0.4, 0.5) is 0 Å².